The molecule has 9 heteroatoms. The molecule has 0 spiro atoms. The summed E-state index contributed by atoms with van der Waals surface area (Å²) in [4.78, 5) is 37.9. The van der Waals surface area contributed by atoms with Gasteiger partial charge in [-0.2, -0.15) is 10.2 Å². The van der Waals surface area contributed by atoms with E-state index in [-0.39, 0.29) is 16.9 Å². The highest BCUT2D eigenvalue weighted by Crippen LogP contribution is 2.15. The fourth-order valence-electron chi connectivity index (χ4n) is 3.23. The number of amides is 2. The second-order valence-corrected chi connectivity index (χ2v) is 6.80. The summed E-state index contributed by atoms with van der Waals surface area (Å²) in [5, 5.41) is 12.5. The molecule has 0 radical (unpaired) electrons. The van der Waals surface area contributed by atoms with Crippen LogP contribution in [-0.4, -0.2) is 31.8 Å². The average Bonchev–Trinajstić information content (AvgIpc) is 3.21. The van der Waals surface area contributed by atoms with Gasteiger partial charge < -0.3 is 0 Å². The number of aromatic amines is 1. The van der Waals surface area contributed by atoms with Crippen LogP contribution in [0.25, 0.3) is 21.7 Å². The number of carbonyl (C=O) groups is 2. The lowest BCUT2D eigenvalue weighted by Gasteiger charge is -2.11. The van der Waals surface area contributed by atoms with Gasteiger partial charge in [-0.1, -0.05) is 49.7 Å². The Morgan fingerprint density at radius 3 is 2.30 bits per heavy atom. The summed E-state index contributed by atoms with van der Waals surface area (Å²) >= 11 is 0. The van der Waals surface area contributed by atoms with Crippen molar-refractivity contribution >= 4 is 33.5 Å². The smallest absolute Gasteiger partial charge is 0.277 e. The van der Waals surface area contributed by atoms with Gasteiger partial charge in [-0.25, -0.2) is 4.68 Å². The number of fused-ring (bicyclic) bond motifs is 2. The number of hydrogen-bond donors (Lipinski definition) is 3. The highest BCUT2D eigenvalue weighted by Gasteiger charge is 2.19. The number of nitrogens with zero attached hydrogens (tertiary/aromatic N) is 3. The van der Waals surface area contributed by atoms with E-state index in [1.807, 2.05) is 13.0 Å². The third kappa shape index (κ3) is 3.52. The number of unbranched alkanes of at least 4 members (excludes halogenated alkanes) is 1. The number of hydrazine groups is 1. The number of rotatable bonds is 5. The number of H-pyrrole nitrogens is 1. The third-order valence-corrected chi connectivity index (χ3v) is 4.78. The van der Waals surface area contributed by atoms with E-state index in [2.05, 4.69) is 26.1 Å². The molecule has 2 heterocycles. The second kappa shape index (κ2) is 8.16. The Morgan fingerprint density at radius 2 is 1.57 bits per heavy atom. The van der Waals surface area contributed by atoms with Crippen molar-refractivity contribution in [3.8, 4) is 0 Å². The number of hydrogen-bond acceptors (Lipinski definition) is 5. The van der Waals surface area contributed by atoms with Crippen LogP contribution in [0.4, 0.5) is 0 Å². The normalized spacial score (nSPS) is 11.0. The van der Waals surface area contributed by atoms with Crippen LogP contribution in [0.3, 0.4) is 0 Å². The van der Waals surface area contributed by atoms with Gasteiger partial charge >= 0.3 is 0 Å². The van der Waals surface area contributed by atoms with E-state index in [0.29, 0.717) is 28.2 Å². The van der Waals surface area contributed by atoms with Gasteiger partial charge in [0.1, 0.15) is 0 Å². The van der Waals surface area contributed by atoms with Crippen LogP contribution in [0.1, 0.15) is 40.7 Å². The molecule has 152 valence electrons. The van der Waals surface area contributed by atoms with Crippen LogP contribution in [0.2, 0.25) is 0 Å². The molecule has 2 amide bonds. The minimum Gasteiger partial charge on any atom is -0.277 e. The summed E-state index contributed by atoms with van der Waals surface area (Å²) in [6.45, 7) is 2.42. The molecular formula is C21H20N6O3. The molecule has 0 aliphatic heterocycles. The quantitative estimate of drug-likeness (QED) is 0.440. The molecule has 0 aliphatic rings. The molecule has 0 unspecified atom stereocenters. The van der Waals surface area contributed by atoms with Gasteiger partial charge in [0, 0.05) is 17.3 Å². The number of nitrogens with one attached hydrogen (secondary N) is 3. The number of aryl methyl sites for hydroxylation is 1. The van der Waals surface area contributed by atoms with E-state index in [1.165, 1.54) is 4.68 Å². The molecule has 0 bridgehead atoms. The predicted octanol–water partition coefficient (Wildman–Crippen LogP) is 2.15. The Hall–Kier alpha value is -4.01. The van der Waals surface area contributed by atoms with Crippen molar-refractivity contribution < 1.29 is 9.59 Å². The van der Waals surface area contributed by atoms with Crippen LogP contribution < -0.4 is 16.4 Å². The van der Waals surface area contributed by atoms with Crippen LogP contribution >= 0.6 is 0 Å². The molecule has 3 N–H and O–H groups in total. The second-order valence-electron chi connectivity index (χ2n) is 6.80. The maximum Gasteiger partial charge on any atom is 0.290 e. The molecule has 2 aromatic heterocycles. The SMILES string of the molecule is CCCCn1nc(C(=O)NNC(=O)c2n[nH]c3ccccc23)c2ccccc2c1=O. The van der Waals surface area contributed by atoms with Crippen molar-refractivity contribution in [3.05, 3.63) is 70.3 Å². The molecule has 2 aromatic carbocycles. The monoisotopic (exact) mass is 404 g/mol. The zero-order valence-corrected chi connectivity index (χ0v) is 16.3. The van der Waals surface area contributed by atoms with Crippen LogP contribution in [-0.2, 0) is 6.54 Å². The van der Waals surface area contributed by atoms with Crippen molar-refractivity contribution in [3.63, 3.8) is 0 Å². The maximum atomic E-state index is 12.8. The van der Waals surface area contributed by atoms with Gasteiger partial charge in [-0.15, -0.1) is 0 Å². The maximum absolute atomic E-state index is 12.8. The number of carbonyl (C=O) groups excluding carboxylic acids is 2. The molecule has 9 nitrogen and oxygen atoms in total. The molecule has 0 fully saturated rings. The lowest BCUT2D eigenvalue weighted by atomic mass is 10.1. The molecule has 0 saturated heterocycles. The topological polar surface area (TPSA) is 122 Å². The first kappa shape index (κ1) is 19.3. The molecule has 0 aliphatic carbocycles. The van der Waals surface area contributed by atoms with E-state index in [1.54, 1.807) is 42.5 Å². The summed E-state index contributed by atoms with van der Waals surface area (Å²) in [5.74, 6) is -1.19. The van der Waals surface area contributed by atoms with E-state index in [9.17, 15) is 14.4 Å². The van der Waals surface area contributed by atoms with E-state index in [0.717, 1.165) is 12.8 Å². The third-order valence-electron chi connectivity index (χ3n) is 4.78. The van der Waals surface area contributed by atoms with Gasteiger partial charge in [0.25, 0.3) is 17.4 Å². The van der Waals surface area contributed by atoms with Crippen molar-refractivity contribution in [1.82, 2.24) is 30.8 Å². The van der Waals surface area contributed by atoms with Gasteiger partial charge in [-0.05, 0) is 18.6 Å². The Bertz CT molecular complexity index is 1310. The zero-order valence-electron chi connectivity index (χ0n) is 16.3. The average molecular weight is 404 g/mol. The van der Waals surface area contributed by atoms with E-state index < -0.39 is 11.8 Å². The van der Waals surface area contributed by atoms with Crippen molar-refractivity contribution in [1.29, 1.82) is 0 Å². The summed E-state index contributed by atoms with van der Waals surface area (Å²) in [6.07, 6.45) is 1.64. The Morgan fingerprint density at radius 1 is 0.933 bits per heavy atom. The molecule has 0 atom stereocenters. The lowest BCUT2D eigenvalue weighted by Crippen LogP contribution is -2.43. The molecule has 4 aromatic rings. The van der Waals surface area contributed by atoms with E-state index in [4.69, 9.17) is 0 Å². The fourth-order valence-corrected chi connectivity index (χ4v) is 3.23. The first-order chi connectivity index (χ1) is 14.6. The number of para-hydroxylation sites is 1. The zero-order chi connectivity index (χ0) is 21.1. The Labute approximate surface area is 171 Å². The first-order valence-electron chi connectivity index (χ1n) is 9.63. The van der Waals surface area contributed by atoms with Gasteiger partial charge in [0.15, 0.2) is 11.4 Å². The highest BCUT2D eigenvalue weighted by molar-refractivity contribution is 6.08. The summed E-state index contributed by atoms with van der Waals surface area (Å²) in [6, 6.07) is 14.0. The summed E-state index contributed by atoms with van der Waals surface area (Å²) in [7, 11) is 0. The fraction of sp³-hybridized carbons (Fsp3) is 0.190. The summed E-state index contributed by atoms with van der Waals surface area (Å²) < 4.78 is 1.30. The van der Waals surface area contributed by atoms with Gasteiger partial charge in [0.2, 0.25) is 0 Å². The minimum absolute atomic E-state index is 0.0634. The standard InChI is InChI=1S/C21H20N6O3/c1-2-3-12-27-21(30)14-9-5-4-8-13(14)18(26-27)20(29)25-24-19(28)17-15-10-6-7-11-16(15)22-23-17/h4-11H,2-3,12H2,1H3,(H,22,23)(H,24,28)(H,25,29). The molecule has 30 heavy (non-hydrogen) atoms. The molecular weight excluding hydrogens is 384 g/mol. The number of benzene rings is 2. The van der Waals surface area contributed by atoms with Crippen molar-refractivity contribution in [2.24, 2.45) is 0 Å². The lowest BCUT2D eigenvalue weighted by molar-refractivity contribution is 0.0841. The molecule has 4 rings (SSSR count). The van der Waals surface area contributed by atoms with Crippen molar-refractivity contribution in [2.45, 2.75) is 26.3 Å². The van der Waals surface area contributed by atoms with Crippen molar-refractivity contribution in [2.75, 3.05) is 0 Å². The minimum atomic E-state index is -0.621. The van der Waals surface area contributed by atoms with Gasteiger partial charge in [-0.3, -0.25) is 30.3 Å². The van der Waals surface area contributed by atoms with E-state index >= 15 is 0 Å². The Balaban J connectivity index is 1.60. The largest absolute Gasteiger partial charge is 0.290 e. The van der Waals surface area contributed by atoms with Crippen LogP contribution in [0.15, 0.2) is 53.3 Å². The first-order valence-corrected chi connectivity index (χ1v) is 9.63. The predicted molar refractivity (Wildman–Crippen MR) is 112 cm³/mol. The molecule has 0 saturated carbocycles. The van der Waals surface area contributed by atoms with Gasteiger partial charge in [0.05, 0.1) is 10.9 Å². The summed E-state index contributed by atoms with van der Waals surface area (Å²) in [5.41, 5.74) is 5.44. The Kier molecular flexibility index (Phi) is 5.25. The number of aromatic nitrogens is 4. The van der Waals surface area contributed by atoms with Crippen LogP contribution in [0.5, 0.6) is 0 Å². The van der Waals surface area contributed by atoms with Crippen LogP contribution in [0, 0.1) is 0 Å². The highest BCUT2D eigenvalue weighted by atomic mass is 16.2.